The molecule has 100 valence electrons. The molecule has 2 heterocycles. The van der Waals surface area contributed by atoms with Crippen molar-refractivity contribution in [1.82, 2.24) is 9.29 Å². The molecule has 8 heteroatoms. The highest BCUT2D eigenvalue weighted by atomic mass is 32.2. The quantitative estimate of drug-likeness (QED) is 0.583. The number of sulfonamides is 1. The van der Waals surface area contributed by atoms with Crippen molar-refractivity contribution < 1.29 is 13.2 Å². The van der Waals surface area contributed by atoms with Gasteiger partial charge in [0.15, 0.2) is 5.03 Å². The smallest absolute Gasteiger partial charge is 0.262 e. The van der Waals surface area contributed by atoms with Crippen LogP contribution in [0, 0.1) is 0 Å². The normalized spacial score (nSPS) is 18.3. The molecule has 0 saturated carbocycles. The van der Waals surface area contributed by atoms with E-state index in [2.05, 4.69) is 10.4 Å². The van der Waals surface area contributed by atoms with Crippen LogP contribution in [0.15, 0.2) is 23.4 Å². The Labute approximate surface area is 106 Å². The zero-order valence-electron chi connectivity index (χ0n) is 9.87. The Morgan fingerprint density at radius 1 is 1.39 bits per heavy atom. The fraction of sp³-hybridized carbons (Fsp3) is 0.500. The number of rotatable bonds is 3. The van der Waals surface area contributed by atoms with E-state index in [0.717, 1.165) is 0 Å². The Morgan fingerprint density at radius 2 is 2.22 bits per heavy atom. The first-order valence-corrected chi connectivity index (χ1v) is 7.10. The molecule has 3 N–H and O–H groups in total. The number of aromatic nitrogens is 1. The summed E-state index contributed by atoms with van der Waals surface area (Å²) in [6.45, 7) is 1.75. The molecule has 0 amide bonds. The van der Waals surface area contributed by atoms with Crippen molar-refractivity contribution in [2.75, 3.05) is 31.7 Å². The minimum absolute atomic E-state index is 0.0469. The second kappa shape index (κ2) is 5.61. The van der Waals surface area contributed by atoms with Crippen molar-refractivity contribution in [2.24, 2.45) is 5.84 Å². The number of hydrogen-bond donors (Lipinski definition) is 2. The molecule has 0 unspecified atom stereocenters. The van der Waals surface area contributed by atoms with Crippen LogP contribution in [-0.4, -0.2) is 44.0 Å². The first-order chi connectivity index (χ1) is 8.66. The van der Waals surface area contributed by atoms with E-state index in [0.29, 0.717) is 38.4 Å². The van der Waals surface area contributed by atoms with Crippen molar-refractivity contribution in [1.29, 1.82) is 0 Å². The van der Waals surface area contributed by atoms with Gasteiger partial charge >= 0.3 is 0 Å². The standard InChI is InChI=1S/C10H16N4O3S/c11-13-9-3-1-4-12-10(9)18(15,16)14-5-2-7-17-8-6-14/h1,3-4,13H,2,5-8,11H2. The number of nitrogens with two attached hydrogens (primary N) is 1. The molecule has 0 bridgehead atoms. The van der Waals surface area contributed by atoms with E-state index in [1.165, 1.54) is 10.5 Å². The summed E-state index contributed by atoms with van der Waals surface area (Å²) in [6, 6.07) is 3.20. The predicted octanol–water partition coefficient (Wildman–Crippen LogP) is -0.222. The number of nitrogen functional groups attached to an aromatic ring is 1. The van der Waals surface area contributed by atoms with E-state index >= 15 is 0 Å². The molecule has 1 aliphatic rings. The molecule has 1 aromatic heterocycles. The molecule has 1 fully saturated rings. The molecule has 0 aliphatic carbocycles. The van der Waals surface area contributed by atoms with Crippen LogP contribution < -0.4 is 11.3 Å². The van der Waals surface area contributed by atoms with Gasteiger partial charge in [0.2, 0.25) is 0 Å². The number of anilines is 1. The van der Waals surface area contributed by atoms with Gasteiger partial charge in [0.05, 0.1) is 12.3 Å². The lowest BCUT2D eigenvalue weighted by Gasteiger charge is -2.19. The van der Waals surface area contributed by atoms with Crippen LogP contribution >= 0.6 is 0 Å². The fourth-order valence-corrected chi connectivity index (χ4v) is 3.32. The Balaban J connectivity index is 2.34. The second-order valence-electron chi connectivity index (χ2n) is 3.87. The SMILES string of the molecule is NNc1cccnc1S(=O)(=O)N1CCCOCC1. The molecule has 2 rings (SSSR count). The van der Waals surface area contributed by atoms with Gasteiger partial charge < -0.3 is 10.2 Å². The van der Waals surface area contributed by atoms with Crippen LogP contribution in [0.3, 0.4) is 0 Å². The summed E-state index contributed by atoms with van der Waals surface area (Å²) in [5.41, 5.74) is 2.65. The largest absolute Gasteiger partial charge is 0.380 e. The van der Waals surface area contributed by atoms with Gasteiger partial charge in [0.25, 0.3) is 10.0 Å². The lowest BCUT2D eigenvalue weighted by atomic mass is 10.4. The van der Waals surface area contributed by atoms with Gasteiger partial charge in [-0.15, -0.1) is 0 Å². The summed E-state index contributed by atoms with van der Waals surface area (Å²) < 4.78 is 31.5. The Bertz CT molecular complexity index is 498. The van der Waals surface area contributed by atoms with Gasteiger partial charge in [0, 0.05) is 25.9 Å². The molecule has 1 saturated heterocycles. The topological polar surface area (TPSA) is 97.5 Å². The average molecular weight is 272 g/mol. The first kappa shape index (κ1) is 13.2. The van der Waals surface area contributed by atoms with E-state index in [1.807, 2.05) is 0 Å². The highest BCUT2D eigenvalue weighted by Crippen LogP contribution is 2.21. The Hall–Kier alpha value is -1.22. The highest BCUT2D eigenvalue weighted by molar-refractivity contribution is 7.89. The number of ether oxygens (including phenoxy) is 1. The average Bonchev–Trinajstić information content (AvgIpc) is 2.68. The third-order valence-corrected chi connectivity index (χ3v) is 4.55. The molecule has 7 nitrogen and oxygen atoms in total. The number of hydrazine groups is 1. The zero-order valence-corrected chi connectivity index (χ0v) is 10.7. The molecule has 0 spiro atoms. The summed E-state index contributed by atoms with van der Waals surface area (Å²) in [6.07, 6.45) is 2.11. The second-order valence-corrected chi connectivity index (χ2v) is 5.72. The van der Waals surface area contributed by atoms with Gasteiger partial charge in [-0.1, -0.05) is 0 Å². The van der Waals surface area contributed by atoms with Crippen molar-refractivity contribution in [3.05, 3.63) is 18.3 Å². The van der Waals surface area contributed by atoms with E-state index in [4.69, 9.17) is 10.6 Å². The zero-order chi connectivity index (χ0) is 13.0. The van der Waals surface area contributed by atoms with Gasteiger partial charge in [-0.3, -0.25) is 5.84 Å². The van der Waals surface area contributed by atoms with Crippen LogP contribution in [0.1, 0.15) is 6.42 Å². The molecule has 0 radical (unpaired) electrons. The Kier molecular flexibility index (Phi) is 4.12. The molecule has 0 aromatic carbocycles. The first-order valence-electron chi connectivity index (χ1n) is 5.66. The van der Waals surface area contributed by atoms with Crippen LogP contribution in [0.5, 0.6) is 0 Å². The number of hydrogen-bond acceptors (Lipinski definition) is 6. The Morgan fingerprint density at radius 3 is 3.00 bits per heavy atom. The third-order valence-electron chi connectivity index (χ3n) is 2.69. The summed E-state index contributed by atoms with van der Waals surface area (Å²) in [5.74, 6) is 5.31. The molecule has 0 atom stereocenters. The van der Waals surface area contributed by atoms with Crippen LogP contribution in [0.4, 0.5) is 5.69 Å². The maximum absolute atomic E-state index is 12.4. The maximum Gasteiger partial charge on any atom is 0.262 e. The molecular weight excluding hydrogens is 256 g/mol. The van der Waals surface area contributed by atoms with Gasteiger partial charge in [-0.05, 0) is 18.6 Å². The summed E-state index contributed by atoms with van der Waals surface area (Å²) in [7, 11) is -3.63. The highest BCUT2D eigenvalue weighted by Gasteiger charge is 2.28. The van der Waals surface area contributed by atoms with Gasteiger partial charge in [-0.2, -0.15) is 4.31 Å². The van der Waals surface area contributed by atoms with Crippen LogP contribution in [-0.2, 0) is 14.8 Å². The minimum atomic E-state index is -3.63. The predicted molar refractivity (Wildman–Crippen MR) is 66.2 cm³/mol. The summed E-state index contributed by atoms with van der Waals surface area (Å²) in [4.78, 5) is 3.91. The number of nitrogens with one attached hydrogen (secondary N) is 1. The molecular formula is C10H16N4O3S. The molecule has 18 heavy (non-hydrogen) atoms. The van der Waals surface area contributed by atoms with Crippen molar-refractivity contribution in [3.63, 3.8) is 0 Å². The van der Waals surface area contributed by atoms with Gasteiger partial charge in [0.1, 0.15) is 0 Å². The lowest BCUT2D eigenvalue weighted by molar-refractivity contribution is 0.148. The fourth-order valence-electron chi connectivity index (χ4n) is 1.79. The lowest BCUT2D eigenvalue weighted by Crippen LogP contribution is -2.34. The summed E-state index contributed by atoms with van der Waals surface area (Å²) in [5, 5.41) is -0.0469. The minimum Gasteiger partial charge on any atom is -0.380 e. The maximum atomic E-state index is 12.4. The van der Waals surface area contributed by atoms with Crippen molar-refractivity contribution >= 4 is 15.7 Å². The van der Waals surface area contributed by atoms with E-state index in [9.17, 15) is 8.42 Å². The number of pyridine rings is 1. The van der Waals surface area contributed by atoms with Gasteiger partial charge in [-0.25, -0.2) is 13.4 Å². The third kappa shape index (κ3) is 2.61. The van der Waals surface area contributed by atoms with Crippen LogP contribution in [0.25, 0.3) is 0 Å². The summed E-state index contributed by atoms with van der Waals surface area (Å²) >= 11 is 0. The van der Waals surface area contributed by atoms with E-state index in [-0.39, 0.29) is 5.03 Å². The monoisotopic (exact) mass is 272 g/mol. The molecule has 1 aliphatic heterocycles. The van der Waals surface area contributed by atoms with Crippen LogP contribution in [0.2, 0.25) is 0 Å². The van der Waals surface area contributed by atoms with E-state index in [1.54, 1.807) is 12.1 Å². The van der Waals surface area contributed by atoms with Crippen molar-refractivity contribution in [3.8, 4) is 0 Å². The number of nitrogens with zero attached hydrogens (tertiary/aromatic N) is 2. The van der Waals surface area contributed by atoms with E-state index < -0.39 is 10.0 Å². The van der Waals surface area contributed by atoms with Crippen molar-refractivity contribution in [2.45, 2.75) is 11.4 Å². The molecule has 1 aromatic rings.